The maximum Gasteiger partial charge on any atom is 0.338 e. The van der Waals surface area contributed by atoms with Gasteiger partial charge in [0.15, 0.2) is 11.5 Å². The summed E-state index contributed by atoms with van der Waals surface area (Å²) < 4.78 is 16.8. The van der Waals surface area contributed by atoms with Gasteiger partial charge in [0.1, 0.15) is 0 Å². The third-order valence-electron chi connectivity index (χ3n) is 4.81. The molecule has 0 spiro atoms. The molecule has 1 heterocycles. The molecule has 1 atom stereocenters. The molecule has 1 aliphatic heterocycles. The summed E-state index contributed by atoms with van der Waals surface area (Å²) in [5.74, 6) is 0.966. The summed E-state index contributed by atoms with van der Waals surface area (Å²) in [5, 5.41) is 5.47. The van der Waals surface area contributed by atoms with E-state index >= 15 is 0 Å². The number of unbranched alkanes of at least 4 members (excludes halogenated alkanes) is 3. The van der Waals surface area contributed by atoms with Crippen LogP contribution in [0.3, 0.4) is 0 Å². The number of methoxy groups -OCH3 is 1. The van der Waals surface area contributed by atoms with Crippen LogP contribution in [0.4, 0.5) is 4.79 Å². The van der Waals surface area contributed by atoms with E-state index in [4.69, 9.17) is 14.2 Å². The van der Waals surface area contributed by atoms with Crippen molar-refractivity contribution in [2.45, 2.75) is 59.4 Å². The molecule has 0 radical (unpaired) electrons. The number of hydrogen-bond acceptors (Lipinski definition) is 5. The number of carbonyl (C=O) groups excluding carboxylic acids is 2. The highest BCUT2D eigenvalue weighted by Gasteiger charge is 2.32. The predicted octanol–water partition coefficient (Wildman–Crippen LogP) is 4.48. The Labute approximate surface area is 179 Å². The van der Waals surface area contributed by atoms with E-state index in [0.29, 0.717) is 36.0 Å². The highest BCUT2D eigenvalue weighted by Crippen LogP contribution is 2.34. The Kier molecular flexibility index (Phi) is 9.02. The number of amides is 2. The van der Waals surface area contributed by atoms with E-state index < -0.39 is 12.0 Å². The Morgan fingerprint density at radius 3 is 2.60 bits per heavy atom. The summed E-state index contributed by atoms with van der Waals surface area (Å²) in [6.45, 7) is 8.74. The second kappa shape index (κ2) is 11.5. The molecule has 1 unspecified atom stereocenters. The molecule has 0 bridgehead atoms. The van der Waals surface area contributed by atoms with Crippen LogP contribution in [0.2, 0.25) is 0 Å². The van der Waals surface area contributed by atoms with E-state index in [-0.39, 0.29) is 11.9 Å². The number of rotatable bonds is 11. The fourth-order valence-corrected chi connectivity index (χ4v) is 3.23. The van der Waals surface area contributed by atoms with Crippen LogP contribution in [0.1, 0.15) is 65.0 Å². The summed E-state index contributed by atoms with van der Waals surface area (Å²) in [6.07, 6.45) is 4.48. The Morgan fingerprint density at radius 1 is 1.17 bits per heavy atom. The first-order chi connectivity index (χ1) is 14.4. The molecule has 1 aromatic rings. The van der Waals surface area contributed by atoms with Gasteiger partial charge in [0.05, 0.1) is 31.9 Å². The van der Waals surface area contributed by atoms with Gasteiger partial charge < -0.3 is 24.8 Å². The smallest absolute Gasteiger partial charge is 0.338 e. The number of benzene rings is 1. The number of carbonyl (C=O) groups is 2. The first kappa shape index (κ1) is 23.6. The molecular weight excluding hydrogens is 384 g/mol. The van der Waals surface area contributed by atoms with Gasteiger partial charge in [-0.3, -0.25) is 0 Å². The summed E-state index contributed by atoms with van der Waals surface area (Å²) in [6, 6.07) is 4.44. The van der Waals surface area contributed by atoms with E-state index in [0.717, 1.165) is 18.4 Å². The van der Waals surface area contributed by atoms with E-state index in [1.165, 1.54) is 12.8 Å². The van der Waals surface area contributed by atoms with E-state index in [2.05, 4.69) is 17.6 Å². The van der Waals surface area contributed by atoms with Gasteiger partial charge in [-0.2, -0.15) is 0 Å². The van der Waals surface area contributed by atoms with Crippen molar-refractivity contribution in [2.24, 2.45) is 5.92 Å². The number of hydrogen-bond donors (Lipinski definition) is 2. The summed E-state index contributed by atoms with van der Waals surface area (Å²) in [7, 11) is 1.57. The van der Waals surface area contributed by atoms with Crippen molar-refractivity contribution in [3.63, 3.8) is 0 Å². The van der Waals surface area contributed by atoms with Crippen molar-refractivity contribution >= 4 is 12.0 Å². The second-order valence-electron chi connectivity index (χ2n) is 7.88. The van der Waals surface area contributed by atoms with Crippen LogP contribution in [0.25, 0.3) is 0 Å². The fourth-order valence-electron chi connectivity index (χ4n) is 3.23. The lowest BCUT2D eigenvalue weighted by molar-refractivity contribution is -0.140. The predicted molar refractivity (Wildman–Crippen MR) is 116 cm³/mol. The maximum atomic E-state index is 12.7. The van der Waals surface area contributed by atoms with Crippen molar-refractivity contribution in [1.82, 2.24) is 10.6 Å². The van der Waals surface area contributed by atoms with Crippen LogP contribution in [-0.4, -0.2) is 32.3 Å². The standard InChI is InChI=1S/C23H34N2O5/c1-6-7-8-9-12-29-18-11-10-17(13-19(18)28-5)21-20(16(4)24-23(27)25-21)22(26)30-14-15(2)3/h10-11,13,15,21H,6-9,12,14H2,1-5H3,(H2,24,25,27). The van der Waals surface area contributed by atoms with Gasteiger partial charge in [-0.1, -0.05) is 46.1 Å². The van der Waals surface area contributed by atoms with Crippen LogP contribution >= 0.6 is 0 Å². The van der Waals surface area contributed by atoms with Crippen molar-refractivity contribution in [3.8, 4) is 11.5 Å². The molecule has 166 valence electrons. The molecule has 0 aromatic heterocycles. The minimum absolute atomic E-state index is 0.216. The molecule has 0 fully saturated rings. The van der Waals surface area contributed by atoms with Gasteiger partial charge in [-0.05, 0) is 37.0 Å². The zero-order valence-electron chi connectivity index (χ0n) is 18.7. The molecule has 2 amide bonds. The molecule has 1 aliphatic rings. The lowest BCUT2D eigenvalue weighted by Gasteiger charge is -2.28. The van der Waals surface area contributed by atoms with Crippen molar-refractivity contribution in [2.75, 3.05) is 20.3 Å². The van der Waals surface area contributed by atoms with Gasteiger partial charge >= 0.3 is 12.0 Å². The van der Waals surface area contributed by atoms with Crippen molar-refractivity contribution in [3.05, 3.63) is 35.0 Å². The number of allylic oxidation sites excluding steroid dienone is 1. The summed E-state index contributed by atoms with van der Waals surface area (Å²) in [4.78, 5) is 24.8. The normalized spacial score (nSPS) is 16.2. The van der Waals surface area contributed by atoms with Crippen LogP contribution in [0.5, 0.6) is 11.5 Å². The lowest BCUT2D eigenvalue weighted by Crippen LogP contribution is -2.45. The topological polar surface area (TPSA) is 85.9 Å². The van der Waals surface area contributed by atoms with Crippen molar-refractivity contribution < 1.29 is 23.8 Å². The largest absolute Gasteiger partial charge is 0.493 e. The third-order valence-corrected chi connectivity index (χ3v) is 4.81. The average Bonchev–Trinajstić information content (AvgIpc) is 2.71. The fraction of sp³-hybridized carbons (Fsp3) is 0.565. The second-order valence-corrected chi connectivity index (χ2v) is 7.88. The number of esters is 1. The highest BCUT2D eigenvalue weighted by atomic mass is 16.5. The molecule has 0 saturated carbocycles. The molecule has 2 N–H and O–H groups in total. The maximum absolute atomic E-state index is 12.7. The van der Waals surface area contributed by atoms with Gasteiger partial charge in [0, 0.05) is 5.70 Å². The van der Waals surface area contributed by atoms with Gasteiger partial charge in [0.25, 0.3) is 0 Å². The van der Waals surface area contributed by atoms with E-state index in [1.807, 2.05) is 26.0 Å². The first-order valence-corrected chi connectivity index (χ1v) is 10.6. The van der Waals surface area contributed by atoms with Crippen LogP contribution in [-0.2, 0) is 9.53 Å². The average molecular weight is 419 g/mol. The van der Waals surface area contributed by atoms with Crippen molar-refractivity contribution in [1.29, 1.82) is 0 Å². The van der Waals surface area contributed by atoms with E-state index in [1.54, 1.807) is 20.1 Å². The first-order valence-electron chi connectivity index (χ1n) is 10.6. The Hall–Kier alpha value is -2.70. The quantitative estimate of drug-likeness (QED) is 0.409. The van der Waals surface area contributed by atoms with Gasteiger partial charge in [0.2, 0.25) is 0 Å². The lowest BCUT2D eigenvalue weighted by atomic mass is 9.95. The molecule has 7 heteroatoms. The van der Waals surface area contributed by atoms with Crippen LogP contribution < -0.4 is 20.1 Å². The minimum Gasteiger partial charge on any atom is -0.493 e. The van der Waals surface area contributed by atoms with Crippen LogP contribution in [0.15, 0.2) is 29.5 Å². The highest BCUT2D eigenvalue weighted by molar-refractivity contribution is 5.95. The molecule has 0 saturated heterocycles. The molecule has 7 nitrogen and oxygen atoms in total. The zero-order chi connectivity index (χ0) is 22.1. The van der Waals surface area contributed by atoms with Crippen LogP contribution in [0, 0.1) is 5.92 Å². The molecule has 30 heavy (non-hydrogen) atoms. The Bertz CT molecular complexity index is 773. The van der Waals surface area contributed by atoms with Gasteiger partial charge in [-0.15, -0.1) is 0 Å². The molecule has 2 rings (SSSR count). The molecule has 1 aromatic carbocycles. The Morgan fingerprint density at radius 2 is 1.93 bits per heavy atom. The van der Waals surface area contributed by atoms with E-state index in [9.17, 15) is 9.59 Å². The molecule has 0 aliphatic carbocycles. The zero-order valence-corrected chi connectivity index (χ0v) is 18.7. The minimum atomic E-state index is -0.633. The summed E-state index contributed by atoms with van der Waals surface area (Å²) in [5.41, 5.74) is 1.58. The Balaban J connectivity index is 2.22. The SMILES string of the molecule is CCCCCCOc1ccc(C2NC(=O)NC(C)=C2C(=O)OCC(C)C)cc1OC. The number of urea groups is 1. The summed E-state index contributed by atoms with van der Waals surface area (Å²) >= 11 is 0. The third kappa shape index (κ3) is 6.40. The number of ether oxygens (including phenoxy) is 3. The molecular formula is C23H34N2O5. The van der Waals surface area contributed by atoms with Gasteiger partial charge in [-0.25, -0.2) is 9.59 Å². The number of nitrogens with one attached hydrogen (secondary N) is 2. The monoisotopic (exact) mass is 418 g/mol.